The predicted molar refractivity (Wildman–Crippen MR) is 212 cm³/mol. The zero-order chi connectivity index (χ0) is 37.2. The van der Waals surface area contributed by atoms with Crippen LogP contribution < -0.4 is 14.5 Å². The number of rotatable bonds is 15. The van der Waals surface area contributed by atoms with Gasteiger partial charge in [0.25, 0.3) is 0 Å². The highest BCUT2D eigenvalue weighted by Gasteiger charge is 2.22. The molecule has 0 atom stereocenters. The van der Waals surface area contributed by atoms with Gasteiger partial charge < -0.3 is 29.5 Å². The Hall–Kier alpha value is -4.56. The van der Waals surface area contributed by atoms with E-state index in [2.05, 4.69) is 92.9 Å². The molecule has 8 heteroatoms. The van der Waals surface area contributed by atoms with Gasteiger partial charge in [0.1, 0.15) is 12.4 Å². The van der Waals surface area contributed by atoms with Gasteiger partial charge in [-0.15, -0.1) is 0 Å². The number of hydrogen-bond donors (Lipinski definition) is 2. The second-order valence-electron chi connectivity index (χ2n) is 14.9. The molecule has 2 heterocycles. The van der Waals surface area contributed by atoms with Gasteiger partial charge in [0.2, 0.25) is 0 Å². The van der Waals surface area contributed by atoms with E-state index in [1.807, 2.05) is 18.2 Å². The minimum Gasteiger partial charge on any atom is -0.491 e. The SMILES string of the molecule is CCCCOCCOc1ccc(-c2ccc3c(c2)/C=C(/C(=O)O)CCCN3CC(C)C)cc1-c1ccc2c(c1)/C=C(/C(=O)O)CCCN2CC(C)C. The number of carboxylic acid groups (broad SMARTS) is 2. The highest BCUT2D eigenvalue weighted by Crippen LogP contribution is 2.40. The number of hydrogen-bond acceptors (Lipinski definition) is 6. The van der Waals surface area contributed by atoms with Crippen LogP contribution in [0.2, 0.25) is 0 Å². The van der Waals surface area contributed by atoms with Crippen LogP contribution in [0.5, 0.6) is 5.75 Å². The first-order valence-electron chi connectivity index (χ1n) is 19.0. The standard InChI is InChI=1S/C44H56N2O6/c1-6-7-20-51-21-22-52-42-17-14-33(32-12-15-40-37(23-32)25-35(43(47)48)10-8-18-45(40)28-30(2)3)27-39(42)34-13-16-41-38(24-34)26-36(44(49)50)11-9-19-46(41)29-31(4)5/h12-17,23-27,30-31H,6-11,18-22,28-29H2,1-5H3,(H,47,48)(H,49,50)/b35-25+,36-26+. The van der Waals surface area contributed by atoms with E-state index in [-0.39, 0.29) is 0 Å². The Kier molecular flexibility index (Phi) is 13.6. The van der Waals surface area contributed by atoms with Gasteiger partial charge in [-0.25, -0.2) is 9.59 Å². The summed E-state index contributed by atoms with van der Waals surface area (Å²) in [4.78, 5) is 29.2. The molecule has 0 radical (unpaired) electrons. The van der Waals surface area contributed by atoms with Gasteiger partial charge in [-0.2, -0.15) is 0 Å². The number of fused-ring (bicyclic) bond motifs is 2. The molecule has 2 aliphatic heterocycles. The lowest BCUT2D eigenvalue weighted by Crippen LogP contribution is -2.30. The van der Waals surface area contributed by atoms with Crippen molar-refractivity contribution in [3.8, 4) is 28.0 Å². The van der Waals surface area contributed by atoms with Crippen molar-refractivity contribution in [1.82, 2.24) is 0 Å². The van der Waals surface area contributed by atoms with Crippen molar-refractivity contribution in [2.24, 2.45) is 11.8 Å². The number of carbonyl (C=O) groups is 2. The van der Waals surface area contributed by atoms with Gasteiger partial charge in [0.05, 0.1) is 6.61 Å². The Labute approximate surface area is 309 Å². The first-order chi connectivity index (χ1) is 25.0. The summed E-state index contributed by atoms with van der Waals surface area (Å²) in [6.07, 6.45) is 8.37. The summed E-state index contributed by atoms with van der Waals surface area (Å²) in [7, 11) is 0. The molecule has 3 aromatic carbocycles. The number of nitrogens with zero attached hydrogens (tertiary/aromatic N) is 2. The molecule has 0 spiro atoms. The molecule has 0 aliphatic carbocycles. The van der Waals surface area contributed by atoms with E-state index in [0.717, 1.165) is 102 Å². The van der Waals surface area contributed by atoms with E-state index < -0.39 is 11.9 Å². The summed E-state index contributed by atoms with van der Waals surface area (Å²) in [5, 5.41) is 20.0. The highest BCUT2D eigenvalue weighted by molar-refractivity contribution is 5.95. The average Bonchev–Trinajstić information content (AvgIpc) is 3.09. The van der Waals surface area contributed by atoms with Gasteiger partial charge in [-0.3, -0.25) is 0 Å². The second kappa shape index (κ2) is 18.3. The Morgan fingerprint density at radius 1 is 0.692 bits per heavy atom. The third kappa shape index (κ3) is 10.1. The Balaban J connectivity index is 1.61. The molecule has 0 unspecified atom stereocenters. The van der Waals surface area contributed by atoms with Crippen LogP contribution in [-0.4, -0.2) is 68.2 Å². The first-order valence-corrected chi connectivity index (χ1v) is 19.0. The molecule has 3 aromatic rings. The molecule has 0 amide bonds. The Morgan fingerprint density at radius 3 is 1.75 bits per heavy atom. The van der Waals surface area contributed by atoms with Crippen molar-refractivity contribution in [2.45, 2.75) is 73.1 Å². The van der Waals surface area contributed by atoms with E-state index in [1.54, 1.807) is 0 Å². The lowest BCUT2D eigenvalue weighted by atomic mass is 9.93. The number of benzene rings is 3. The maximum absolute atomic E-state index is 12.2. The van der Waals surface area contributed by atoms with Crippen molar-refractivity contribution >= 4 is 35.5 Å². The maximum Gasteiger partial charge on any atom is 0.331 e. The number of carboxylic acids is 2. The van der Waals surface area contributed by atoms with Gasteiger partial charge in [-0.1, -0.05) is 59.2 Å². The van der Waals surface area contributed by atoms with E-state index in [0.29, 0.717) is 55.6 Å². The molecule has 0 saturated carbocycles. The van der Waals surface area contributed by atoms with Crippen LogP contribution in [0.1, 0.15) is 84.3 Å². The van der Waals surface area contributed by atoms with Crippen molar-refractivity contribution in [1.29, 1.82) is 0 Å². The van der Waals surface area contributed by atoms with Crippen LogP contribution in [0.25, 0.3) is 34.4 Å². The summed E-state index contributed by atoms with van der Waals surface area (Å²) in [5.41, 5.74) is 8.48. The average molecular weight is 709 g/mol. The fraction of sp³-hybridized carbons (Fsp3) is 0.455. The molecule has 0 aromatic heterocycles. The van der Waals surface area contributed by atoms with Crippen molar-refractivity contribution < 1.29 is 29.3 Å². The highest BCUT2D eigenvalue weighted by atomic mass is 16.5. The Morgan fingerprint density at radius 2 is 1.21 bits per heavy atom. The number of ether oxygens (including phenoxy) is 2. The maximum atomic E-state index is 12.2. The number of aliphatic carboxylic acids is 2. The molecule has 0 bridgehead atoms. The molecule has 5 rings (SSSR count). The van der Waals surface area contributed by atoms with Crippen molar-refractivity contribution in [2.75, 3.05) is 55.8 Å². The van der Waals surface area contributed by atoms with Crippen molar-refractivity contribution in [3.05, 3.63) is 76.9 Å². The third-order valence-corrected chi connectivity index (χ3v) is 9.62. The topological polar surface area (TPSA) is 99.5 Å². The quantitative estimate of drug-likeness (QED) is 0.151. The summed E-state index contributed by atoms with van der Waals surface area (Å²) in [6, 6.07) is 18.8. The fourth-order valence-corrected chi connectivity index (χ4v) is 7.16. The van der Waals surface area contributed by atoms with Crippen LogP contribution >= 0.6 is 0 Å². The van der Waals surface area contributed by atoms with Gasteiger partial charge in [-0.05, 0) is 120 Å². The zero-order valence-electron chi connectivity index (χ0n) is 31.6. The molecule has 52 heavy (non-hydrogen) atoms. The number of unbranched alkanes of at least 4 members (excludes halogenated alkanes) is 1. The summed E-state index contributed by atoms with van der Waals surface area (Å²) in [5.74, 6) is -0.116. The molecular formula is C44H56N2O6. The van der Waals surface area contributed by atoms with Gasteiger partial charge in [0.15, 0.2) is 0 Å². The third-order valence-electron chi connectivity index (χ3n) is 9.62. The van der Waals surface area contributed by atoms with Gasteiger partial charge in [0, 0.05) is 60.9 Å². The first kappa shape index (κ1) is 38.7. The van der Waals surface area contributed by atoms with Crippen LogP contribution in [0.3, 0.4) is 0 Å². The normalized spacial score (nSPS) is 16.8. The second-order valence-corrected chi connectivity index (χ2v) is 14.9. The molecule has 0 fully saturated rings. The fourth-order valence-electron chi connectivity index (χ4n) is 7.16. The molecule has 2 aliphatic rings. The monoisotopic (exact) mass is 708 g/mol. The lowest BCUT2D eigenvalue weighted by molar-refractivity contribution is -0.133. The molecule has 278 valence electrons. The molecular weight excluding hydrogens is 652 g/mol. The number of anilines is 2. The summed E-state index contributed by atoms with van der Waals surface area (Å²) in [6.45, 7) is 15.9. The smallest absolute Gasteiger partial charge is 0.331 e. The van der Waals surface area contributed by atoms with Crippen LogP contribution in [0, 0.1) is 11.8 Å². The van der Waals surface area contributed by atoms with Crippen LogP contribution in [-0.2, 0) is 14.3 Å². The summed E-state index contributed by atoms with van der Waals surface area (Å²) < 4.78 is 12.2. The largest absolute Gasteiger partial charge is 0.491 e. The van der Waals surface area contributed by atoms with E-state index >= 15 is 0 Å². The molecule has 0 saturated heterocycles. The minimum atomic E-state index is -0.881. The van der Waals surface area contributed by atoms with Crippen molar-refractivity contribution in [3.63, 3.8) is 0 Å². The molecule has 8 nitrogen and oxygen atoms in total. The predicted octanol–water partition coefficient (Wildman–Crippen LogP) is 9.66. The summed E-state index contributed by atoms with van der Waals surface area (Å²) >= 11 is 0. The zero-order valence-corrected chi connectivity index (χ0v) is 31.6. The van der Waals surface area contributed by atoms with Gasteiger partial charge >= 0.3 is 11.9 Å². The lowest BCUT2D eigenvalue weighted by Gasteiger charge is -2.30. The van der Waals surface area contributed by atoms with E-state index in [4.69, 9.17) is 9.47 Å². The Bertz CT molecular complexity index is 1770. The van der Waals surface area contributed by atoms with E-state index in [9.17, 15) is 19.8 Å². The van der Waals surface area contributed by atoms with E-state index in [1.165, 1.54) is 0 Å². The minimum absolute atomic E-state index is 0.402. The van der Waals surface area contributed by atoms with Crippen LogP contribution in [0.15, 0.2) is 65.7 Å². The molecule has 2 N–H and O–H groups in total. The van der Waals surface area contributed by atoms with Crippen LogP contribution in [0.4, 0.5) is 11.4 Å².